The van der Waals surface area contributed by atoms with Gasteiger partial charge in [0.15, 0.2) is 0 Å². The number of nitrogens with zero attached hydrogens (tertiary/aromatic N) is 1. The highest BCUT2D eigenvalue weighted by Crippen LogP contribution is 2.19. The number of carbonyl (C=O) groups excluding carboxylic acids is 2. The summed E-state index contributed by atoms with van der Waals surface area (Å²) >= 11 is 0. The summed E-state index contributed by atoms with van der Waals surface area (Å²) in [4.78, 5) is 48.8. The van der Waals surface area contributed by atoms with Gasteiger partial charge in [-0.05, 0) is 42.8 Å². The number of rotatable bonds is 25. The molecule has 1 aromatic heterocycles. The summed E-state index contributed by atoms with van der Waals surface area (Å²) in [7, 11) is -3.96. The number of amides is 2. The minimum Gasteiger partial charge on any atom is -0.494 e. The van der Waals surface area contributed by atoms with Gasteiger partial charge >= 0.3 is 11.9 Å². The molecule has 0 atom stereocenters. The van der Waals surface area contributed by atoms with Crippen molar-refractivity contribution in [1.29, 1.82) is 0 Å². The smallest absolute Gasteiger partial charge is 0.329 e. The number of nitrogens with one attached hydrogen (secondary N) is 3. The molecule has 2 amide bonds. The van der Waals surface area contributed by atoms with Gasteiger partial charge in [-0.1, -0.05) is 0 Å². The molecule has 17 nitrogen and oxygen atoms in total. The summed E-state index contributed by atoms with van der Waals surface area (Å²) < 4.78 is 53.6. The highest BCUT2D eigenvalue weighted by atomic mass is 32.2. The quantitative estimate of drug-likeness (QED) is 0.0883. The Bertz CT molecular complexity index is 1340. The van der Waals surface area contributed by atoms with E-state index in [1.807, 2.05) is 0 Å². The van der Waals surface area contributed by atoms with Gasteiger partial charge in [-0.25, -0.2) is 18.2 Å². The number of carbonyl (C=O) groups is 4. The van der Waals surface area contributed by atoms with E-state index in [0.29, 0.717) is 12.2 Å². The minimum absolute atomic E-state index is 0.0101. The van der Waals surface area contributed by atoms with Gasteiger partial charge in [-0.2, -0.15) is 0 Å². The van der Waals surface area contributed by atoms with Crippen molar-refractivity contribution in [2.24, 2.45) is 0 Å². The zero-order chi connectivity index (χ0) is 33.6. The van der Waals surface area contributed by atoms with Crippen LogP contribution in [0.4, 0.5) is 5.82 Å². The maximum Gasteiger partial charge on any atom is 0.329 e. The topological polar surface area (TPSA) is 238 Å². The SMILES string of the molecule is O=C(O)CCCOc1ccc(S(=O)(=O)Nc2ccc(C(=O)NCCOCCOCC(=O)NCCOCCOCC(=O)O)cn2)cc1. The van der Waals surface area contributed by atoms with E-state index in [9.17, 15) is 27.6 Å². The number of benzene rings is 1. The molecule has 2 rings (SSSR count). The monoisotopic (exact) mass is 670 g/mol. The Morgan fingerprint density at radius 2 is 1.35 bits per heavy atom. The van der Waals surface area contributed by atoms with Crippen LogP contribution >= 0.6 is 0 Å². The first kappa shape index (κ1) is 37.8. The third-order valence-corrected chi connectivity index (χ3v) is 6.88. The van der Waals surface area contributed by atoms with E-state index in [0.717, 1.165) is 0 Å². The summed E-state index contributed by atoms with van der Waals surface area (Å²) in [6.07, 6.45) is 1.52. The van der Waals surface area contributed by atoms with Crippen molar-refractivity contribution in [2.75, 3.05) is 77.3 Å². The maximum absolute atomic E-state index is 12.7. The average Bonchev–Trinajstić information content (AvgIpc) is 3.02. The normalized spacial score (nSPS) is 11.0. The Balaban J connectivity index is 1.55. The molecule has 0 aliphatic rings. The lowest BCUT2D eigenvalue weighted by atomic mass is 10.2. The molecular weight excluding hydrogens is 632 g/mol. The van der Waals surface area contributed by atoms with Crippen LogP contribution in [0.15, 0.2) is 47.5 Å². The first-order valence-electron chi connectivity index (χ1n) is 14.1. The Kier molecular flexibility index (Phi) is 17.6. The fraction of sp³-hybridized carbons (Fsp3) is 0.464. The first-order chi connectivity index (χ1) is 22.1. The van der Waals surface area contributed by atoms with Crippen LogP contribution in [0.3, 0.4) is 0 Å². The van der Waals surface area contributed by atoms with Crippen LogP contribution in [0.1, 0.15) is 23.2 Å². The van der Waals surface area contributed by atoms with E-state index in [1.165, 1.54) is 42.6 Å². The number of carboxylic acids is 2. The Morgan fingerprint density at radius 1 is 0.717 bits per heavy atom. The van der Waals surface area contributed by atoms with Gasteiger partial charge in [-0.3, -0.25) is 19.1 Å². The standard InChI is InChI=1S/C28H38N4O13S/c33-25(29-9-12-41-15-17-44-20-27(36)37)19-43-16-14-42-13-10-30-28(38)21-3-8-24(31-18-21)32-46(39,40)23-6-4-22(5-7-23)45-11-1-2-26(34)35/h3-8,18H,1-2,9-17,19-20H2,(H,29,33)(H,30,38)(H,31,32)(H,34,35)(H,36,37). The molecule has 0 bridgehead atoms. The average molecular weight is 671 g/mol. The van der Waals surface area contributed by atoms with Crippen molar-refractivity contribution in [3.63, 3.8) is 0 Å². The zero-order valence-electron chi connectivity index (χ0n) is 25.0. The molecule has 0 spiro atoms. The molecule has 0 aliphatic carbocycles. The Hall–Kier alpha value is -4.36. The van der Waals surface area contributed by atoms with E-state index in [2.05, 4.69) is 20.3 Å². The molecule has 1 heterocycles. The fourth-order valence-corrected chi connectivity index (χ4v) is 4.34. The number of hydrogen-bond acceptors (Lipinski definition) is 12. The lowest BCUT2D eigenvalue weighted by Gasteiger charge is -2.10. The van der Waals surface area contributed by atoms with Gasteiger partial charge < -0.3 is 44.5 Å². The van der Waals surface area contributed by atoms with Gasteiger partial charge in [0, 0.05) is 25.7 Å². The van der Waals surface area contributed by atoms with Crippen molar-refractivity contribution in [2.45, 2.75) is 17.7 Å². The molecule has 0 saturated carbocycles. The van der Waals surface area contributed by atoms with Gasteiger partial charge in [0.25, 0.3) is 15.9 Å². The van der Waals surface area contributed by atoms with Crippen molar-refractivity contribution in [1.82, 2.24) is 15.6 Å². The summed E-state index contributed by atoms with van der Waals surface area (Å²) in [6.45, 7) is 1.20. The van der Waals surface area contributed by atoms with Crippen molar-refractivity contribution in [3.05, 3.63) is 48.2 Å². The highest BCUT2D eigenvalue weighted by Gasteiger charge is 2.16. The number of ether oxygens (including phenoxy) is 5. The van der Waals surface area contributed by atoms with Crippen molar-refractivity contribution in [3.8, 4) is 5.75 Å². The summed E-state index contributed by atoms with van der Waals surface area (Å²) in [6, 6.07) is 8.37. The van der Waals surface area contributed by atoms with E-state index in [1.54, 1.807) is 0 Å². The number of aromatic nitrogens is 1. The highest BCUT2D eigenvalue weighted by molar-refractivity contribution is 7.92. The molecule has 0 unspecified atom stereocenters. The second kappa shape index (κ2) is 21.4. The van der Waals surface area contributed by atoms with Crippen LogP contribution in [-0.2, 0) is 43.4 Å². The summed E-state index contributed by atoms with van der Waals surface area (Å²) in [5.74, 6) is -2.35. The van der Waals surface area contributed by atoms with E-state index < -0.39 is 34.5 Å². The molecule has 5 N–H and O–H groups in total. The largest absolute Gasteiger partial charge is 0.494 e. The van der Waals surface area contributed by atoms with Crippen LogP contribution in [-0.4, -0.2) is 120 Å². The second-order valence-electron chi connectivity index (χ2n) is 9.18. The van der Waals surface area contributed by atoms with E-state index in [-0.39, 0.29) is 94.5 Å². The number of anilines is 1. The fourth-order valence-electron chi connectivity index (χ4n) is 3.33. The lowest BCUT2D eigenvalue weighted by molar-refractivity contribution is -0.143. The van der Waals surface area contributed by atoms with Crippen molar-refractivity contribution >= 4 is 39.6 Å². The number of carboxylic acid groups (broad SMARTS) is 2. The van der Waals surface area contributed by atoms with Crippen LogP contribution in [0, 0.1) is 0 Å². The number of aliphatic carboxylic acids is 2. The van der Waals surface area contributed by atoms with Gasteiger partial charge in [0.05, 0.1) is 56.7 Å². The Labute approximate surface area is 265 Å². The molecule has 0 radical (unpaired) electrons. The molecule has 46 heavy (non-hydrogen) atoms. The third kappa shape index (κ3) is 16.6. The predicted octanol–water partition coefficient (Wildman–Crippen LogP) is 0.123. The van der Waals surface area contributed by atoms with Crippen LogP contribution in [0.5, 0.6) is 5.75 Å². The molecule has 18 heteroatoms. The summed E-state index contributed by atoms with van der Waals surface area (Å²) in [5.41, 5.74) is 0.207. The summed E-state index contributed by atoms with van der Waals surface area (Å²) in [5, 5.41) is 22.3. The van der Waals surface area contributed by atoms with Gasteiger partial charge in [-0.15, -0.1) is 0 Å². The predicted molar refractivity (Wildman–Crippen MR) is 160 cm³/mol. The van der Waals surface area contributed by atoms with E-state index in [4.69, 9.17) is 33.9 Å². The van der Waals surface area contributed by atoms with Crippen LogP contribution in [0.25, 0.3) is 0 Å². The van der Waals surface area contributed by atoms with Gasteiger partial charge in [0.1, 0.15) is 24.8 Å². The lowest BCUT2D eigenvalue weighted by Crippen LogP contribution is -2.31. The number of pyridine rings is 1. The minimum atomic E-state index is -3.96. The first-order valence-corrected chi connectivity index (χ1v) is 15.6. The molecule has 0 aliphatic heterocycles. The second-order valence-corrected chi connectivity index (χ2v) is 10.9. The molecule has 0 saturated heterocycles. The zero-order valence-corrected chi connectivity index (χ0v) is 25.8. The third-order valence-electron chi connectivity index (χ3n) is 5.51. The molecular formula is C28H38N4O13S. The number of sulfonamides is 1. The molecule has 0 fully saturated rings. The van der Waals surface area contributed by atoms with E-state index >= 15 is 0 Å². The molecule has 1 aromatic carbocycles. The molecule has 2 aromatic rings. The molecule has 254 valence electrons. The van der Waals surface area contributed by atoms with Gasteiger partial charge in [0.2, 0.25) is 5.91 Å². The van der Waals surface area contributed by atoms with Crippen LogP contribution < -0.4 is 20.1 Å². The maximum atomic E-state index is 12.7. The Morgan fingerprint density at radius 3 is 1.96 bits per heavy atom. The van der Waals surface area contributed by atoms with Crippen molar-refractivity contribution < 1.29 is 61.5 Å². The number of hydrogen-bond donors (Lipinski definition) is 5. The van der Waals surface area contributed by atoms with Crippen LogP contribution in [0.2, 0.25) is 0 Å².